The molecule has 0 spiro atoms. The van der Waals surface area contributed by atoms with Gasteiger partial charge in [0.05, 0.1) is 17.4 Å². The summed E-state index contributed by atoms with van der Waals surface area (Å²) in [6.45, 7) is 10.2. The lowest BCUT2D eigenvalue weighted by Gasteiger charge is -2.13. The van der Waals surface area contributed by atoms with E-state index in [2.05, 4.69) is 10.3 Å². The Morgan fingerprint density at radius 2 is 2.00 bits per heavy atom. The Balaban J connectivity index is 2.02. The molecule has 1 aromatic carbocycles. The van der Waals surface area contributed by atoms with E-state index in [0.29, 0.717) is 22.6 Å². The largest absolute Gasteiger partial charge is 0.354 e. The summed E-state index contributed by atoms with van der Waals surface area (Å²) in [5.41, 5.74) is 4.26. The van der Waals surface area contributed by atoms with Crippen LogP contribution in [0.5, 0.6) is 0 Å². The van der Waals surface area contributed by atoms with Crippen molar-refractivity contribution in [2.75, 3.05) is 0 Å². The lowest BCUT2D eigenvalue weighted by Crippen LogP contribution is -2.33. The van der Waals surface area contributed by atoms with Crippen molar-refractivity contribution in [3.63, 3.8) is 0 Å². The molecule has 0 saturated heterocycles. The molecule has 2 aromatic heterocycles. The normalized spacial score (nSPS) is 12.3. The molecular weight excluding hydrogens is 388 g/mol. The average molecular weight is 415 g/mol. The Morgan fingerprint density at radius 3 is 2.69 bits per heavy atom. The van der Waals surface area contributed by atoms with Gasteiger partial charge in [0, 0.05) is 29.7 Å². The number of aryl methyl sites for hydroxylation is 3. The Hall–Kier alpha value is -2.60. The second-order valence-corrected chi connectivity index (χ2v) is 7.98. The van der Waals surface area contributed by atoms with Gasteiger partial charge >= 0.3 is 0 Å². The number of hydrogen-bond acceptors (Lipinski definition) is 3. The lowest BCUT2D eigenvalue weighted by molar-refractivity contribution is -0.121. The first kappa shape index (κ1) is 21.1. The molecule has 1 N–H and O–H groups in total. The van der Waals surface area contributed by atoms with Crippen LogP contribution >= 0.6 is 11.6 Å². The van der Waals surface area contributed by atoms with E-state index >= 15 is 0 Å². The Morgan fingerprint density at radius 1 is 1.28 bits per heavy atom. The summed E-state index contributed by atoms with van der Waals surface area (Å²) in [5.74, 6) is -0.0635. The highest BCUT2D eigenvalue weighted by atomic mass is 35.5. The number of hydrogen-bond donors (Lipinski definition) is 1. The summed E-state index contributed by atoms with van der Waals surface area (Å²) in [6.07, 6.45) is 2.63. The van der Waals surface area contributed by atoms with Gasteiger partial charge in [-0.05, 0) is 57.4 Å². The maximum atomic E-state index is 13.1. The standard InChI is InChI=1S/C22H27ClN4O2/c1-6-14(3)25-19(28)9-10-26-12-24-21-20(22(26)29)15(4)16(5)27(21)18-11-17(23)8-7-13(18)2/h7-8,11-12,14H,6,9-10H2,1-5H3,(H,25,28)/t14-/m0/s1. The highest BCUT2D eigenvalue weighted by Crippen LogP contribution is 2.28. The van der Waals surface area contributed by atoms with Gasteiger partial charge in [-0.1, -0.05) is 24.6 Å². The Kier molecular flexibility index (Phi) is 6.13. The van der Waals surface area contributed by atoms with Crippen molar-refractivity contribution in [2.45, 2.75) is 60.0 Å². The number of nitrogens with zero attached hydrogens (tertiary/aromatic N) is 3. The van der Waals surface area contributed by atoms with Gasteiger partial charge in [-0.3, -0.25) is 18.7 Å². The number of aromatic nitrogens is 3. The highest BCUT2D eigenvalue weighted by Gasteiger charge is 2.19. The zero-order chi connectivity index (χ0) is 21.3. The summed E-state index contributed by atoms with van der Waals surface area (Å²) < 4.78 is 3.49. The van der Waals surface area contributed by atoms with Crippen LogP contribution in [0.1, 0.15) is 43.5 Å². The zero-order valence-corrected chi connectivity index (χ0v) is 18.3. The predicted octanol–water partition coefficient (Wildman–Crippen LogP) is 4.07. The molecule has 0 unspecified atom stereocenters. The van der Waals surface area contributed by atoms with E-state index < -0.39 is 0 Å². The zero-order valence-electron chi connectivity index (χ0n) is 17.5. The predicted molar refractivity (Wildman–Crippen MR) is 117 cm³/mol. The molecule has 0 saturated carbocycles. The first-order valence-corrected chi connectivity index (χ1v) is 10.2. The van der Waals surface area contributed by atoms with Gasteiger partial charge < -0.3 is 5.32 Å². The fourth-order valence-electron chi connectivity index (χ4n) is 3.43. The van der Waals surface area contributed by atoms with Crippen molar-refractivity contribution >= 4 is 28.5 Å². The SMILES string of the molecule is CC[C@H](C)NC(=O)CCn1cnc2c(c(C)c(C)n2-c2cc(Cl)ccc2C)c1=O. The second kappa shape index (κ2) is 8.41. The third kappa shape index (κ3) is 4.08. The molecule has 7 heteroatoms. The van der Waals surface area contributed by atoms with E-state index in [1.165, 1.54) is 10.9 Å². The van der Waals surface area contributed by atoms with Crippen molar-refractivity contribution in [2.24, 2.45) is 0 Å². The van der Waals surface area contributed by atoms with Crippen molar-refractivity contribution in [3.8, 4) is 5.69 Å². The molecule has 3 aromatic rings. The Bertz CT molecular complexity index is 1130. The molecule has 1 atom stereocenters. The third-order valence-electron chi connectivity index (χ3n) is 5.49. The summed E-state index contributed by atoms with van der Waals surface area (Å²) >= 11 is 6.21. The average Bonchev–Trinajstić information content (AvgIpc) is 2.94. The number of nitrogens with one attached hydrogen (secondary N) is 1. The second-order valence-electron chi connectivity index (χ2n) is 7.55. The van der Waals surface area contributed by atoms with E-state index in [1.807, 2.05) is 57.4 Å². The lowest BCUT2D eigenvalue weighted by atomic mass is 10.2. The van der Waals surface area contributed by atoms with E-state index in [9.17, 15) is 9.59 Å². The number of rotatable bonds is 6. The molecule has 154 valence electrons. The number of halogens is 1. The monoisotopic (exact) mass is 414 g/mol. The van der Waals surface area contributed by atoms with Crippen LogP contribution in [0.3, 0.4) is 0 Å². The van der Waals surface area contributed by atoms with Crippen molar-refractivity contribution in [3.05, 3.63) is 56.7 Å². The summed E-state index contributed by atoms with van der Waals surface area (Å²) in [6, 6.07) is 5.81. The van der Waals surface area contributed by atoms with Gasteiger partial charge in [-0.25, -0.2) is 4.98 Å². The van der Waals surface area contributed by atoms with Crippen LogP contribution < -0.4 is 10.9 Å². The molecule has 0 aliphatic heterocycles. The van der Waals surface area contributed by atoms with E-state index in [4.69, 9.17) is 11.6 Å². The van der Waals surface area contributed by atoms with Gasteiger partial charge in [0.25, 0.3) is 5.56 Å². The minimum Gasteiger partial charge on any atom is -0.354 e. The third-order valence-corrected chi connectivity index (χ3v) is 5.73. The van der Waals surface area contributed by atoms with Gasteiger partial charge in [0.2, 0.25) is 5.91 Å². The molecule has 1 amide bonds. The number of fused-ring (bicyclic) bond motifs is 1. The number of benzene rings is 1. The fraction of sp³-hybridized carbons (Fsp3) is 0.409. The fourth-order valence-corrected chi connectivity index (χ4v) is 3.60. The summed E-state index contributed by atoms with van der Waals surface area (Å²) in [4.78, 5) is 29.8. The first-order valence-electron chi connectivity index (χ1n) is 9.87. The molecular formula is C22H27ClN4O2. The molecule has 0 aliphatic carbocycles. The van der Waals surface area contributed by atoms with Gasteiger partial charge in [-0.15, -0.1) is 0 Å². The summed E-state index contributed by atoms with van der Waals surface area (Å²) in [5, 5.41) is 4.13. The molecule has 2 heterocycles. The van der Waals surface area contributed by atoms with Gasteiger partial charge in [0.15, 0.2) is 5.65 Å². The van der Waals surface area contributed by atoms with Crippen molar-refractivity contribution in [1.82, 2.24) is 19.4 Å². The van der Waals surface area contributed by atoms with Gasteiger partial charge in [-0.2, -0.15) is 0 Å². The molecule has 29 heavy (non-hydrogen) atoms. The van der Waals surface area contributed by atoms with Crippen molar-refractivity contribution < 1.29 is 4.79 Å². The number of carbonyl (C=O) groups is 1. The Labute approximate surface area is 175 Å². The first-order chi connectivity index (χ1) is 13.7. The quantitative estimate of drug-likeness (QED) is 0.661. The maximum absolute atomic E-state index is 13.1. The van der Waals surface area contributed by atoms with E-state index in [0.717, 1.165) is 28.9 Å². The van der Waals surface area contributed by atoms with E-state index in [1.54, 1.807) is 0 Å². The molecule has 0 fully saturated rings. The van der Waals surface area contributed by atoms with Crippen LogP contribution in [-0.4, -0.2) is 26.1 Å². The minimum atomic E-state index is -0.134. The molecule has 6 nitrogen and oxygen atoms in total. The molecule has 0 radical (unpaired) electrons. The van der Waals surface area contributed by atoms with E-state index in [-0.39, 0.29) is 23.9 Å². The minimum absolute atomic E-state index is 0.0635. The molecule has 0 aliphatic rings. The van der Waals surface area contributed by atoms with Crippen LogP contribution in [0.2, 0.25) is 5.02 Å². The van der Waals surface area contributed by atoms with Crippen LogP contribution in [0, 0.1) is 20.8 Å². The van der Waals surface area contributed by atoms with Crippen molar-refractivity contribution in [1.29, 1.82) is 0 Å². The highest BCUT2D eigenvalue weighted by molar-refractivity contribution is 6.30. The van der Waals surface area contributed by atoms with Crippen LogP contribution in [0.25, 0.3) is 16.7 Å². The molecule has 0 bridgehead atoms. The van der Waals surface area contributed by atoms with Gasteiger partial charge in [0.1, 0.15) is 0 Å². The van der Waals surface area contributed by atoms with Crippen LogP contribution in [-0.2, 0) is 11.3 Å². The maximum Gasteiger partial charge on any atom is 0.263 e. The number of carbonyl (C=O) groups excluding carboxylic acids is 1. The smallest absolute Gasteiger partial charge is 0.263 e. The summed E-state index contributed by atoms with van der Waals surface area (Å²) in [7, 11) is 0. The number of amides is 1. The topological polar surface area (TPSA) is 68.9 Å². The van der Waals surface area contributed by atoms with Crippen LogP contribution in [0.4, 0.5) is 0 Å². The van der Waals surface area contributed by atoms with Crippen LogP contribution in [0.15, 0.2) is 29.3 Å². The molecule has 3 rings (SSSR count).